The molecule has 16 bridgehead atoms. The molecule has 9 nitrogen and oxygen atoms in total. The van der Waals surface area contributed by atoms with Crippen molar-refractivity contribution < 1.29 is 45.1 Å². The van der Waals surface area contributed by atoms with Gasteiger partial charge in [0.1, 0.15) is 7.12 Å². The van der Waals surface area contributed by atoms with Gasteiger partial charge in [0.25, 0.3) is 0 Å². The van der Waals surface area contributed by atoms with Crippen molar-refractivity contribution in [2.45, 2.75) is 109 Å². The minimum Gasteiger partial charge on any atom is -0.657 e. The third-order valence-electron chi connectivity index (χ3n) is 23.2. The van der Waals surface area contributed by atoms with Crippen molar-refractivity contribution in [2.24, 2.45) is 0 Å². The van der Waals surface area contributed by atoms with Crippen LogP contribution in [0, 0.1) is 100 Å². The Kier molecular flexibility index (Phi) is 23.0. The summed E-state index contributed by atoms with van der Waals surface area (Å²) in [5, 5.41) is 0. The fourth-order valence-corrected chi connectivity index (χ4v) is 18.4. The number of aromatic nitrogens is 8. The zero-order chi connectivity index (χ0) is 82.7. The Morgan fingerprint density at radius 3 is 0.843 bits per heavy atom. The van der Waals surface area contributed by atoms with Crippen LogP contribution >= 0.6 is 15.9 Å². The summed E-state index contributed by atoms with van der Waals surface area (Å²) in [5.41, 5.74) is 43.0. The Morgan fingerprint density at radius 2 is 0.562 bits per heavy atom. The van der Waals surface area contributed by atoms with Crippen LogP contribution in [0.4, 0.5) is 0 Å². The van der Waals surface area contributed by atoms with Crippen molar-refractivity contribution in [3.63, 3.8) is 0 Å². The molecule has 0 radical (unpaired) electrons. The van der Waals surface area contributed by atoms with Crippen LogP contribution in [-0.2, 0) is 39.0 Å². The molecule has 10 heterocycles. The van der Waals surface area contributed by atoms with Crippen molar-refractivity contribution in [3.8, 4) is 119 Å². The first-order chi connectivity index (χ1) is 58.3. The van der Waals surface area contributed by atoms with Crippen LogP contribution in [0.2, 0.25) is 0 Å². The molecule has 6 aromatic heterocycles. The summed E-state index contributed by atoms with van der Waals surface area (Å²) in [6, 6.07) is 68.4. The molecule has 121 heavy (non-hydrogen) atoms. The summed E-state index contributed by atoms with van der Waals surface area (Å²) >= 11 is 3.71. The maximum Gasteiger partial charge on any atom is 2.00 e. The molecule has 0 atom stereocenters. The topological polar surface area (TPSA) is 117 Å². The Bertz CT molecular complexity index is 7100. The molecule has 0 fully saturated rings. The van der Waals surface area contributed by atoms with E-state index in [4.69, 9.17) is 46.0 Å². The largest absolute Gasteiger partial charge is 2.00 e. The van der Waals surface area contributed by atoms with Gasteiger partial charge in [0.05, 0.1) is 52.2 Å². The molecule has 18 rings (SSSR count). The summed E-state index contributed by atoms with van der Waals surface area (Å²) in [4.78, 5) is 45.2. The number of nitrogens with zero attached hydrogens (tertiary/aromatic N) is 8. The minimum atomic E-state index is 0. The van der Waals surface area contributed by atoms with Crippen molar-refractivity contribution >= 4 is 109 Å². The molecule has 0 N–H and O–H groups in total. The second-order valence-corrected chi connectivity index (χ2v) is 32.9. The molecule has 12 heteroatoms. The van der Waals surface area contributed by atoms with Crippen LogP contribution in [0.1, 0.15) is 157 Å². The molecule has 14 aromatic rings. The molecule has 0 saturated heterocycles. The van der Waals surface area contributed by atoms with Gasteiger partial charge >= 0.3 is 39.0 Å². The van der Waals surface area contributed by atoms with Gasteiger partial charge in [0.2, 0.25) is 0 Å². The Labute approximate surface area is 744 Å². The molecular weight excluding hydrogens is 1650 g/mol. The van der Waals surface area contributed by atoms with Crippen molar-refractivity contribution in [2.75, 3.05) is 6.61 Å². The van der Waals surface area contributed by atoms with Gasteiger partial charge in [-0.15, -0.1) is 50.5 Å². The Hall–Kier alpha value is -12.4. The van der Waals surface area contributed by atoms with Gasteiger partial charge in [-0.25, -0.2) is 19.9 Å². The number of hydrogen-bond acceptors (Lipinski definition) is 5. The first kappa shape index (κ1) is 81.0. The first-order valence-corrected chi connectivity index (χ1v) is 41.7. The summed E-state index contributed by atoms with van der Waals surface area (Å²) < 4.78 is 15.1. The van der Waals surface area contributed by atoms with Crippen molar-refractivity contribution in [3.05, 3.63) is 322 Å². The normalized spacial score (nSPS) is 11.9. The summed E-state index contributed by atoms with van der Waals surface area (Å²) in [7, 11) is 0. The maximum atomic E-state index is 7.78. The number of unbranched alkanes of at least 4 members (excludes halogenated alkanes) is 3. The number of hydrogen-bond donors (Lipinski definition) is 0. The summed E-state index contributed by atoms with van der Waals surface area (Å²) in [5.74, 6) is 10.9. The molecule has 0 amide bonds. The van der Waals surface area contributed by atoms with E-state index >= 15 is 0 Å². The second-order valence-electron chi connectivity index (χ2n) is 32.0. The van der Waals surface area contributed by atoms with Crippen LogP contribution in [0.15, 0.2) is 199 Å². The smallest absolute Gasteiger partial charge is 0.657 e. The van der Waals surface area contributed by atoms with Gasteiger partial charge < -0.3 is 24.7 Å². The number of aryl methyl sites for hydroxylation is 11. The standard InChI is InChI=1S/C109H87BrN8O.2Zn/c1-14-16-17-18-53-119-81-35-31-79(32-36-81)105-83-38-37-82(111-83)102(84-39-47-94(112-84)108(100-69(10)58-64(5)59-70(100)11)96-51-52-97(118-96)109(95-50-44-89(105)117-95)101-71(12)60-73(15-2)61-72(101)13)76-25-21-74(22-26-76)19-20-75-23-27-77(28-24-75)103-85-40-45-90(113-85)106(98-65(6)54-62(3)55-66(98)7)92-48-42-87(115-92)104(78-29-33-80(110)34-30-78)88-43-49-93(116-88)107(91-46-41-86(103)114-91)99-67(8)56-63(4)57-68(99)9;;/h2,21-52,54-61H,14,16-18,53H2,1,3-13H3;;/q-4;2*+2/i2T;;. The SMILES string of the molecule is [3H]C#Cc1cc(C)c(-c2c3nc(c(-c4c(C)cc(C)cc4C)c4ccc([n-]4)c(-c4ccc(C#Cc5ccc(-c6c7nc(c(-c8c(C)cc(C)cc8C)c8ccc([n-]8)c(-c8ccc(Br)cc8)c8nc(c(-c9c(C)cc(C)cc9C)c9ccc6[n-]9)C=C8)C=C7)cc5)cc4)c4nc(c(-c5ccc(OCCCCCC)cc5)c5ccc2[n-]5)C=C4)C=C3)c(C)c1.[Zn+2].[Zn+2]. The van der Waals surface area contributed by atoms with Gasteiger partial charge in [-0.05, 0) is 325 Å². The van der Waals surface area contributed by atoms with E-state index in [1.807, 2.05) is 0 Å². The predicted octanol–water partition coefficient (Wildman–Crippen LogP) is 27.0. The van der Waals surface area contributed by atoms with Crippen LogP contribution < -0.4 is 24.7 Å². The molecule has 0 saturated carbocycles. The molecule has 0 unspecified atom stereocenters. The Balaban J connectivity index is 0.00000552. The van der Waals surface area contributed by atoms with Crippen LogP contribution in [-0.4, -0.2) is 26.5 Å². The molecule has 4 aliphatic heterocycles. The zero-order valence-corrected chi connectivity index (χ0v) is 77.9. The monoisotopic (exact) mass is 1730 g/mol. The number of fused-ring (bicyclic) bond motifs is 16. The molecule has 8 aromatic carbocycles. The van der Waals surface area contributed by atoms with Crippen molar-refractivity contribution in [1.29, 1.82) is 0 Å². The molecule has 580 valence electrons. The fraction of sp³-hybridized carbons (Fsp3) is 0.156. The average Bonchev–Trinajstić information content (AvgIpc) is 1.51. The van der Waals surface area contributed by atoms with E-state index in [1.54, 1.807) is 0 Å². The van der Waals surface area contributed by atoms with Crippen LogP contribution in [0.5, 0.6) is 5.75 Å². The minimum absolute atomic E-state index is 0. The number of halogens is 1. The van der Waals surface area contributed by atoms with Gasteiger partial charge in [0.15, 0.2) is 0 Å². The first-order valence-electron chi connectivity index (χ1n) is 41.4. The Morgan fingerprint density at radius 1 is 0.306 bits per heavy atom. The quantitative estimate of drug-likeness (QED) is 0.0596. The number of benzene rings is 8. The average molecular weight is 1740 g/mol. The summed E-state index contributed by atoms with van der Waals surface area (Å²) in [6.45, 7) is 26.7. The number of rotatable bonds is 14. The van der Waals surface area contributed by atoms with Gasteiger partial charge in [-0.3, -0.25) is 0 Å². The molecule has 0 spiro atoms. The van der Waals surface area contributed by atoms with Gasteiger partial charge in [-0.2, -0.15) is 0 Å². The number of ether oxygens (including phenoxy) is 1. The van der Waals surface area contributed by atoms with Crippen molar-refractivity contribution in [1.82, 2.24) is 39.9 Å². The molecular formula is C109H87BrN8OZn2. The second kappa shape index (κ2) is 34.4. The fourth-order valence-electron chi connectivity index (χ4n) is 18.2. The van der Waals surface area contributed by atoms with Crippen LogP contribution in [0.3, 0.4) is 0 Å². The third kappa shape index (κ3) is 16.0. The van der Waals surface area contributed by atoms with E-state index < -0.39 is 0 Å². The zero-order valence-electron chi connectivity index (χ0n) is 71.4. The predicted molar refractivity (Wildman–Crippen MR) is 500 cm³/mol. The third-order valence-corrected chi connectivity index (χ3v) is 23.7. The summed E-state index contributed by atoms with van der Waals surface area (Å²) in [6.07, 6.45) is 23.9. The molecule has 4 aliphatic rings. The maximum absolute atomic E-state index is 7.78. The number of terminal acetylenes is 1. The van der Waals surface area contributed by atoms with E-state index in [0.717, 1.165) is 263 Å². The van der Waals surface area contributed by atoms with E-state index in [-0.39, 0.29) is 39.0 Å². The van der Waals surface area contributed by atoms with E-state index in [0.29, 0.717) is 6.61 Å². The molecule has 0 aliphatic carbocycles. The van der Waals surface area contributed by atoms with Gasteiger partial charge in [-0.1, -0.05) is 210 Å². The van der Waals surface area contributed by atoms with E-state index in [1.165, 1.54) is 29.5 Å². The van der Waals surface area contributed by atoms with E-state index in [9.17, 15) is 0 Å². The van der Waals surface area contributed by atoms with Gasteiger partial charge in [0, 0.05) is 21.2 Å². The van der Waals surface area contributed by atoms with Crippen LogP contribution in [0.25, 0.3) is 182 Å². The van der Waals surface area contributed by atoms with E-state index in [2.05, 4.69) is 366 Å².